The van der Waals surface area contributed by atoms with Crippen LogP contribution in [0.3, 0.4) is 0 Å². The summed E-state index contributed by atoms with van der Waals surface area (Å²) in [6.45, 7) is 4.35. The maximum absolute atomic E-state index is 13.6. The van der Waals surface area contributed by atoms with E-state index < -0.39 is 23.5 Å². The van der Waals surface area contributed by atoms with Crippen molar-refractivity contribution in [1.29, 1.82) is 0 Å². The van der Waals surface area contributed by atoms with Crippen LogP contribution in [-0.2, 0) is 0 Å². The Morgan fingerprint density at radius 2 is 1.57 bits per heavy atom. The molecule has 8 heteroatoms. The Balaban J connectivity index is 1.57. The fraction of sp³-hybridized carbons (Fsp3) is 0.273. The molecule has 0 radical (unpaired) electrons. The van der Waals surface area contributed by atoms with E-state index in [9.17, 15) is 23.6 Å². The molecular weight excluding hydrogens is 389 g/mol. The second kappa shape index (κ2) is 8.86. The van der Waals surface area contributed by atoms with E-state index in [1.807, 2.05) is 13.8 Å². The number of imide groups is 1. The lowest BCUT2D eigenvalue weighted by atomic mass is 10.1. The third-order valence-corrected chi connectivity index (χ3v) is 4.60. The Morgan fingerprint density at radius 1 is 0.933 bits per heavy atom. The highest BCUT2D eigenvalue weighted by Gasteiger charge is 2.36. The van der Waals surface area contributed by atoms with Crippen molar-refractivity contribution in [1.82, 2.24) is 15.5 Å². The predicted molar refractivity (Wildman–Crippen MR) is 108 cm³/mol. The van der Waals surface area contributed by atoms with E-state index in [1.165, 1.54) is 41.3 Å². The summed E-state index contributed by atoms with van der Waals surface area (Å²) >= 11 is 0. The maximum Gasteiger partial charge on any atom is 0.261 e. The Hall–Kier alpha value is -3.55. The molecule has 4 amide bonds. The van der Waals surface area contributed by atoms with E-state index >= 15 is 0 Å². The molecular formula is C22H22FN3O4. The van der Waals surface area contributed by atoms with Gasteiger partial charge in [0.05, 0.1) is 16.7 Å². The van der Waals surface area contributed by atoms with Gasteiger partial charge in [0.15, 0.2) is 0 Å². The minimum atomic E-state index is -0.622. The van der Waals surface area contributed by atoms with Crippen LogP contribution in [0.2, 0.25) is 0 Å². The molecule has 0 spiro atoms. The highest BCUT2D eigenvalue weighted by atomic mass is 19.1. The normalized spacial score (nSPS) is 12.9. The molecule has 0 saturated carbocycles. The van der Waals surface area contributed by atoms with Crippen molar-refractivity contribution in [2.45, 2.75) is 13.8 Å². The smallest absolute Gasteiger partial charge is 0.261 e. The molecule has 0 aromatic heterocycles. The van der Waals surface area contributed by atoms with Gasteiger partial charge in [0, 0.05) is 25.2 Å². The van der Waals surface area contributed by atoms with Crippen LogP contribution >= 0.6 is 0 Å². The first kappa shape index (κ1) is 21.2. The van der Waals surface area contributed by atoms with Crippen LogP contribution in [0, 0.1) is 11.7 Å². The van der Waals surface area contributed by atoms with E-state index in [-0.39, 0.29) is 47.2 Å². The molecule has 3 rings (SSSR count). The van der Waals surface area contributed by atoms with Crippen LogP contribution in [0.1, 0.15) is 55.3 Å². The van der Waals surface area contributed by atoms with Gasteiger partial charge in [0.2, 0.25) is 0 Å². The Morgan fingerprint density at radius 3 is 2.23 bits per heavy atom. The number of amides is 4. The number of carbonyl (C=O) groups is 4. The van der Waals surface area contributed by atoms with Gasteiger partial charge in [-0.1, -0.05) is 26.0 Å². The van der Waals surface area contributed by atoms with Gasteiger partial charge in [-0.2, -0.15) is 0 Å². The lowest BCUT2D eigenvalue weighted by molar-refractivity contribution is 0.0635. The van der Waals surface area contributed by atoms with Crippen molar-refractivity contribution >= 4 is 23.6 Å². The Kier molecular flexibility index (Phi) is 6.25. The number of hydrogen-bond donors (Lipinski definition) is 2. The number of nitrogens with one attached hydrogen (secondary N) is 2. The molecule has 0 fully saturated rings. The minimum absolute atomic E-state index is 0.0726. The Bertz CT molecular complexity index is 1020. The predicted octanol–water partition coefficient (Wildman–Crippen LogP) is 2.24. The molecule has 0 atom stereocenters. The van der Waals surface area contributed by atoms with Crippen molar-refractivity contribution in [2.75, 3.05) is 19.6 Å². The van der Waals surface area contributed by atoms with E-state index in [4.69, 9.17) is 0 Å². The average molecular weight is 411 g/mol. The van der Waals surface area contributed by atoms with Crippen molar-refractivity contribution < 1.29 is 23.6 Å². The lowest BCUT2D eigenvalue weighted by Gasteiger charge is -2.15. The van der Waals surface area contributed by atoms with Crippen molar-refractivity contribution in [3.63, 3.8) is 0 Å². The quantitative estimate of drug-likeness (QED) is 0.540. The highest BCUT2D eigenvalue weighted by molar-refractivity contribution is 6.22. The minimum Gasteiger partial charge on any atom is -0.350 e. The van der Waals surface area contributed by atoms with Gasteiger partial charge in [-0.3, -0.25) is 24.1 Å². The lowest BCUT2D eigenvalue weighted by Crippen LogP contribution is -2.35. The summed E-state index contributed by atoms with van der Waals surface area (Å²) in [5, 5.41) is 5.15. The summed E-state index contributed by atoms with van der Waals surface area (Å²) in [6, 6.07) is 9.98. The third-order valence-electron chi connectivity index (χ3n) is 4.60. The molecule has 0 saturated heterocycles. The molecule has 2 aromatic rings. The standard InChI is InChI=1S/C22H22FN3O4/c1-13(2)12-26-21(29)15-8-7-14(11-17(15)22(26)30)19(27)24-9-10-25-20(28)16-5-3-4-6-18(16)23/h3-8,11,13H,9-10,12H2,1-2H3,(H,24,27)(H,25,28). The van der Waals surface area contributed by atoms with Gasteiger partial charge in [-0.15, -0.1) is 0 Å². The Labute approximate surface area is 173 Å². The highest BCUT2D eigenvalue weighted by Crippen LogP contribution is 2.24. The summed E-state index contributed by atoms with van der Waals surface area (Å²) in [5.41, 5.74) is 0.661. The van der Waals surface area contributed by atoms with E-state index in [0.717, 1.165) is 0 Å². The van der Waals surface area contributed by atoms with Crippen molar-refractivity contribution in [3.05, 3.63) is 70.5 Å². The second-order valence-electron chi connectivity index (χ2n) is 7.37. The number of carbonyl (C=O) groups excluding carboxylic acids is 4. The molecule has 7 nitrogen and oxygen atoms in total. The average Bonchev–Trinajstić information content (AvgIpc) is 2.95. The first-order valence-electron chi connectivity index (χ1n) is 9.60. The molecule has 1 aliphatic rings. The van der Waals surface area contributed by atoms with Gasteiger partial charge in [-0.05, 0) is 36.2 Å². The van der Waals surface area contributed by atoms with E-state index in [1.54, 1.807) is 6.07 Å². The molecule has 1 heterocycles. The van der Waals surface area contributed by atoms with Crippen LogP contribution in [0.5, 0.6) is 0 Å². The molecule has 1 aliphatic heterocycles. The summed E-state index contributed by atoms with van der Waals surface area (Å²) in [4.78, 5) is 50.4. The zero-order chi connectivity index (χ0) is 21.8. The fourth-order valence-corrected chi connectivity index (χ4v) is 3.16. The second-order valence-corrected chi connectivity index (χ2v) is 7.37. The van der Waals surface area contributed by atoms with Gasteiger partial charge in [0.25, 0.3) is 23.6 Å². The SMILES string of the molecule is CC(C)CN1C(=O)c2ccc(C(=O)NCCNC(=O)c3ccccc3F)cc2C1=O. The number of halogens is 1. The summed E-state index contributed by atoms with van der Waals surface area (Å²) in [5.74, 6) is -2.27. The molecule has 30 heavy (non-hydrogen) atoms. The molecule has 2 aromatic carbocycles. The number of fused-ring (bicyclic) bond motifs is 1. The molecule has 0 unspecified atom stereocenters. The van der Waals surface area contributed by atoms with Crippen LogP contribution in [0.25, 0.3) is 0 Å². The molecule has 156 valence electrons. The van der Waals surface area contributed by atoms with E-state index in [0.29, 0.717) is 6.54 Å². The summed E-state index contributed by atoms with van der Waals surface area (Å²) in [6.07, 6.45) is 0. The summed E-state index contributed by atoms with van der Waals surface area (Å²) < 4.78 is 13.6. The van der Waals surface area contributed by atoms with Gasteiger partial charge >= 0.3 is 0 Å². The topological polar surface area (TPSA) is 95.6 Å². The monoisotopic (exact) mass is 411 g/mol. The van der Waals surface area contributed by atoms with Crippen molar-refractivity contribution in [3.8, 4) is 0 Å². The maximum atomic E-state index is 13.6. The van der Waals surface area contributed by atoms with Gasteiger partial charge in [0.1, 0.15) is 5.82 Å². The first-order chi connectivity index (χ1) is 14.3. The fourth-order valence-electron chi connectivity index (χ4n) is 3.16. The van der Waals surface area contributed by atoms with Crippen LogP contribution in [0.4, 0.5) is 4.39 Å². The molecule has 0 bridgehead atoms. The van der Waals surface area contributed by atoms with E-state index in [2.05, 4.69) is 10.6 Å². The first-order valence-corrected chi connectivity index (χ1v) is 9.60. The number of nitrogens with zero attached hydrogens (tertiary/aromatic N) is 1. The zero-order valence-electron chi connectivity index (χ0n) is 16.7. The van der Waals surface area contributed by atoms with Crippen LogP contribution in [-0.4, -0.2) is 48.2 Å². The number of benzene rings is 2. The summed E-state index contributed by atoms with van der Waals surface area (Å²) in [7, 11) is 0. The van der Waals surface area contributed by atoms with Crippen LogP contribution in [0.15, 0.2) is 42.5 Å². The van der Waals surface area contributed by atoms with Crippen LogP contribution < -0.4 is 10.6 Å². The zero-order valence-corrected chi connectivity index (χ0v) is 16.7. The van der Waals surface area contributed by atoms with Gasteiger partial charge in [-0.25, -0.2) is 4.39 Å². The largest absolute Gasteiger partial charge is 0.350 e. The molecule has 2 N–H and O–H groups in total. The van der Waals surface area contributed by atoms with Gasteiger partial charge < -0.3 is 10.6 Å². The number of rotatable bonds is 7. The third kappa shape index (κ3) is 4.37. The molecule has 0 aliphatic carbocycles. The van der Waals surface area contributed by atoms with Crippen molar-refractivity contribution in [2.24, 2.45) is 5.92 Å². The number of hydrogen-bond acceptors (Lipinski definition) is 4.